The molecule has 0 spiro atoms. The van der Waals surface area contributed by atoms with E-state index in [1.165, 1.54) is 24.3 Å². The molecule has 27 heavy (non-hydrogen) atoms. The Bertz CT molecular complexity index is 893. The SMILES string of the molecule is O=C(Nc1ccc(OC(F)F)cc1)Nc1cccc(Oc2ncccn2)c1. The molecule has 0 aliphatic heterocycles. The highest BCUT2D eigenvalue weighted by Crippen LogP contribution is 2.22. The summed E-state index contributed by atoms with van der Waals surface area (Å²) in [7, 11) is 0. The molecule has 0 atom stereocenters. The Kier molecular flexibility index (Phi) is 5.73. The maximum atomic E-state index is 12.1. The molecule has 0 aliphatic rings. The molecule has 2 amide bonds. The Morgan fingerprint density at radius 2 is 1.59 bits per heavy atom. The van der Waals surface area contributed by atoms with Gasteiger partial charge in [-0.15, -0.1) is 0 Å². The van der Waals surface area contributed by atoms with Crippen LogP contribution in [0, 0.1) is 0 Å². The van der Waals surface area contributed by atoms with Gasteiger partial charge >= 0.3 is 18.7 Å². The minimum absolute atomic E-state index is 0.00365. The molecular weight excluding hydrogens is 358 g/mol. The standard InChI is InChI=1S/C18H14F2N4O3/c19-16(20)26-14-7-5-12(6-8-14)23-17(25)24-13-3-1-4-15(11-13)27-18-21-9-2-10-22-18/h1-11,16H,(H2,23,24,25). The number of hydrogen-bond donors (Lipinski definition) is 2. The van der Waals surface area contributed by atoms with Gasteiger partial charge < -0.3 is 20.1 Å². The Labute approximate surface area is 153 Å². The first-order valence-electron chi connectivity index (χ1n) is 7.76. The van der Waals surface area contributed by atoms with Crippen molar-refractivity contribution in [3.8, 4) is 17.5 Å². The summed E-state index contributed by atoms with van der Waals surface area (Å²) < 4.78 is 34.0. The Morgan fingerprint density at radius 3 is 2.30 bits per heavy atom. The monoisotopic (exact) mass is 372 g/mol. The lowest BCUT2D eigenvalue weighted by atomic mass is 10.3. The molecule has 0 fully saturated rings. The van der Waals surface area contributed by atoms with Crippen LogP contribution in [0.5, 0.6) is 17.5 Å². The minimum Gasteiger partial charge on any atom is -0.435 e. The molecule has 2 N–H and O–H groups in total. The highest BCUT2D eigenvalue weighted by Gasteiger charge is 2.07. The number of halogens is 2. The maximum absolute atomic E-state index is 12.1. The number of hydrogen-bond acceptors (Lipinski definition) is 5. The quantitative estimate of drug-likeness (QED) is 0.665. The van der Waals surface area contributed by atoms with E-state index in [1.807, 2.05) is 0 Å². The second-order valence-electron chi connectivity index (χ2n) is 5.14. The van der Waals surface area contributed by atoms with Crippen LogP contribution in [0.3, 0.4) is 0 Å². The molecular formula is C18H14F2N4O3. The number of aromatic nitrogens is 2. The third kappa shape index (κ3) is 5.63. The third-order valence-corrected chi connectivity index (χ3v) is 3.18. The van der Waals surface area contributed by atoms with Gasteiger partial charge in [0.05, 0.1) is 0 Å². The van der Waals surface area contributed by atoms with Gasteiger partial charge in [0.25, 0.3) is 0 Å². The van der Waals surface area contributed by atoms with Crippen LogP contribution in [0.25, 0.3) is 0 Å². The molecule has 0 radical (unpaired) electrons. The van der Waals surface area contributed by atoms with E-state index < -0.39 is 12.6 Å². The van der Waals surface area contributed by atoms with Crippen LogP contribution in [0.15, 0.2) is 67.0 Å². The van der Waals surface area contributed by atoms with E-state index in [9.17, 15) is 13.6 Å². The van der Waals surface area contributed by atoms with E-state index in [1.54, 1.807) is 42.7 Å². The molecule has 7 nitrogen and oxygen atoms in total. The summed E-state index contributed by atoms with van der Waals surface area (Å²) in [6.45, 7) is -2.90. The van der Waals surface area contributed by atoms with Gasteiger partial charge in [0, 0.05) is 29.8 Å². The highest BCUT2D eigenvalue weighted by molar-refractivity contribution is 5.99. The average Bonchev–Trinajstić information content (AvgIpc) is 2.64. The predicted octanol–water partition coefficient (Wildman–Crippen LogP) is 4.51. The Morgan fingerprint density at radius 1 is 0.889 bits per heavy atom. The van der Waals surface area contributed by atoms with Crippen molar-refractivity contribution in [2.75, 3.05) is 10.6 Å². The molecule has 0 saturated carbocycles. The second kappa shape index (κ2) is 8.56. The van der Waals surface area contributed by atoms with Crippen molar-refractivity contribution in [2.24, 2.45) is 0 Å². The molecule has 1 aromatic heterocycles. The number of ether oxygens (including phenoxy) is 2. The van der Waals surface area contributed by atoms with Crippen LogP contribution in [0.4, 0.5) is 25.0 Å². The fourth-order valence-corrected chi connectivity index (χ4v) is 2.09. The first kappa shape index (κ1) is 18.1. The predicted molar refractivity (Wildman–Crippen MR) is 94.3 cm³/mol. The van der Waals surface area contributed by atoms with Gasteiger partial charge in [-0.1, -0.05) is 6.07 Å². The van der Waals surface area contributed by atoms with Gasteiger partial charge in [-0.25, -0.2) is 14.8 Å². The summed E-state index contributed by atoms with van der Waals surface area (Å²) in [4.78, 5) is 20.0. The van der Waals surface area contributed by atoms with Crippen molar-refractivity contribution in [2.45, 2.75) is 6.61 Å². The van der Waals surface area contributed by atoms with E-state index in [-0.39, 0.29) is 11.8 Å². The van der Waals surface area contributed by atoms with Gasteiger partial charge in [-0.05, 0) is 42.5 Å². The lowest BCUT2D eigenvalue weighted by molar-refractivity contribution is -0.0498. The lowest BCUT2D eigenvalue weighted by Gasteiger charge is -2.10. The molecule has 138 valence electrons. The zero-order valence-electron chi connectivity index (χ0n) is 13.8. The average molecular weight is 372 g/mol. The minimum atomic E-state index is -2.90. The van der Waals surface area contributed by atoms with Crippen molar-refractivity contribution in [1.29, 1.82) is 0 Å². The Balaban J connectivity index is 1.58. The Hall–Kier alpha value is -3.75. The second-order valence-corrected chi connectivity index (χ2v) is 5.14. The lowest BCUT2D eigenvalue weighted by Crippen LogP contribution is -2.19. The molecule has 0 aliphatic carbocycles. The molecule has 0 bridgehead atoms. The van der Waals surface area contributed by atoms with Crippen molar-refractivity contribution < 1.29 is 23.0 Å². The number of urea groups is 1. The van der Waals surface area contributed by atoms with Crippen molar-refractivity contribution >= 4 is 17.4 Å². The van der Waals surface area contributed by atoms with Crippen LogP contribution < -0.4 is 20.1 Å². The van der Waals surface area contributed by atoms with Gasteiger partial charge in [-0.2, -0.15) is 8.78 Å². The van der Waals surface area contributed by atoms with Gasteiger partial charge in [-0.3, -0.25) is 0 Å². The number of nitrogens with one attached hydrogen (secondary N) is 2. The van der Waals surface area contributed by atoms with Gasteiger partial charge in [0.1, 0.15) is 11.5 Å². The molecule has 1 heterocycles. The smallest absolute Gasteiger partial charge is 0.387 e. The normalized spacial score (nSPS) is 10.3. The number of carbonyl (C=O) groups is 1. The van der Waals surface area contributed by atoms with Crippen LogP contribution in [0.2, 0.25) is 0 Å². The first-order chi connectivity index (χ1) is 13.1. The van der Waals surface area contributed by atoms with Gasteiger partial charge in [0.15, 0.2) is 0 Å². The number of anilines is 2. The number of amides is 2. The fraction of sp³-hybridized carbons (Fsp3) is 0.0556. The molecule has 2 aromatic carbocycles. The topological polar surface area (TPSA) is 85.4 Å². The van der Waals surface area contributed by atoms with E-state index in [0.29, 0.717) is 17.1 Å². The fourth-order valence-electron chi connectivity index (χ4n) is 2.09. The number of carbonyl (C=O) groups excluding carboxylic acids is 1. The van der Waals surface area contributed by atoms with Crippen molar-refractivity contribution in [3.05, 3.63) is 67.0 Å². The highest BCUT2D eigenvalue weighted by atomic mass is 19.3. The van der Waals surface area contributed by atoms with Crippen LogP contribution in [0.1, 0.15) is 0 Å². The molecule has 0 unspecified atom stereocenters. The number of benzene rings is 2. The van der Waals surface area contributed by atoms with Gasteiger partial charge in [0.2, 0.25) is 0 Å². The summed E-state index contributed by atoms with van der Waals surface area (Å²) in [6, 6.07) is 13.6. The van der Waals surface area contributed by atoms with Crippen LogP contribution >= 0.6 is 0 Å². The van der Waals surface area contributed by atoms with E-state index in [0.717, 1.165) is 0 Å². The molecule has 3 aromatic rings. The number of alkyl halides is 2. The number of rotatable bonds is 6. The zero-order valence-corrected chi connectivity index (χ0v) is 13.8. The zero-order chi connectivity index (χ0) is 19.1. The van der Waals surface area contributed by atoms with Crippen molar-refractivity contribution in [3.63, 3.8) is 0 Å². The van der Waals surface area contributed by atoms with E-state index >= 15 is 0 Å². The summed E-state index contributed by atoms with van der Waals surface area (Å²) in [5.41, 5.74) is 0.901. The molecule has 3 rings (SSSR count). The van der Waals surface area contributed by atoms with E-state index in [4.69, 9.17) is 4.74 Å². The summed E-state index contributed by atoms with van der Waals surface area (Å²) >= 11 is 0. The maximum Gasteiger partial charge on any atom is 0.387 e. The largest absolute Gasteiger partial charge is 0.435 e. The third-order valence-electron chi connectivity index (χ3n) is 3.18. The summed E-state index contributed by atoms with van der Waals surface area (Å²) in [5, 5.41) is 5.22. The first-order valence-corrected chi connectivity index (χ1v) is 7.76. The summed E-state index contributed by atoms with van der Waals surface area (Å²) in [5.74, 6) is 0.455. The van der Waals surface area contributed by atoms with E-state index in [2.05, 4.69) is 25.3 Å². The number of nitrogens with zero attached hydrogens (tertiary/aromatic N) is 2. The van der Waals surface area contributed by atoms with Crippen LogP contribution in [-0.2, 0) is 0 Å². The molecule has 9 heteroatoms. The molecule has 0 saturated heterocycles. The summed E-state index contributed by atoms with van der Waals surface area (Å²) in [6.07, 6.45) is 3.10. The van der Waals surface area contributed by atoms with Crippen LogP contribution in [-0.4, -0.2) is 22.6 Å². The van der Waals surface area contributed by atoms with Crippen molar-refractivity contribution in [1.82, 2.24) is 9.97 Å².